The number of benzene rings is 1. The van der Waals surface area contributed by atoms with E-state index in [4.69, 9.17) is 0 Å². The predicted octanol–water partition coefficient (Wildman–Crippen LogP) is 1.99. The number of hydrogen-bond donors (Lipinski definition) is 1. The zero-order chi connectivity index (χ0) is 13.8. The molecule has 1 unspecified atom stereocenters. The molecule has 102 valence electrons. The van der Waals surface area contributed by atoms with Crippen molar-refractivity contribution in [3.8, 4) is 0 Å². The third-order valence-corrected chi connectivity index (χ3v) is 3.08. The predicted molar refractivity (Wildman–Crippen MR) is 67.2 cm³/mol. The number of amides is 2. The van der Waals surface area contributed by atoms with Gasteiger partial charge in [0.15, 0.2) is 0 Å². The van der Waals surface area contributed by atoms with Gasteiger partial charge in [0.05, 0.1) is 7.11 Å². The highest BCUT2D eigenvalue weighted by molar-refractivity contribution is 5.96. The number of halogens is 1. The minimum Gasteiger partial charge on any atom is -0.453 e. The maximum Gasteiger partial charge on any atom is 0.410 e. The fourth-order valence-electron chi connectivity index (χ4n) is 2.13. The van der Waals surface area contributed by atoms with Gasteiger partial charge in [0.2, 0.25) is 5.91 Å². The molecule has 1 aromatic rings. The van der Waals surface area contributed by atoms with Gasteiger partial charge in [-0.05, 0) is 37.1 Å². The Hall–Kier alpha value is -2.11. The lowest BCUT2D eigenvalue weighted by molar-refractivity contribution is -0.119. The Morgan fingerprint density at radius 3 is 2.68 bits per heavy atom. The first-order valence-corrected chi connectivity index (χ1v) is 6.03. The molecule has 0 radical (unpaired) electrons. The zero-order valence-corrected chi connectivity index (χ0v) is 10.6. The van der Waals surface area contributed by atoms with Crippen LogP contribution in [0.4, 0.5) is 14.9 Å². The molecule has 6 heteroatoms. The van der Waals surface area contributed by atoms with Gasteiger partial charge in [-0.15, -0.1) is 0 Å². The second-order valence-corrected chi connectivity index (χ2v) is 4.32. The van der Waals surface area contributed by atoms with Crippen LogP contribution in [-0.2, 0) is 9.53 Å². The van der Waals surface area contributed by atoms with Crippen molar-refractivity contribution >= 4 is 17.7 Å². The minimum atomic E-state index is -0.530. The number of methoxy groups -OCH3 is 1. The molecule has 2 amide bonds. The summed E-state index contributed by atoms with van der Waals surface area (Å²) in [7, 11) is 1.29. The summed E-state index contributed by atoms with van der Waals surface area (Å²) in [4.78, 5) is 25.0. The van der Waals surface area contributed by atoms with Gasteiger partial charge in [-0.2, -0.15) is 0 Å². The van der Waals surface area contributed by atoms with Crippen LogP contribution in [0.25, 0.3) is 0 Å². The van der Waals surface area contributed by atoms with E-state index < -0.39 is 12.1 Å². The molecule has 1 N–H and O–H groups in total. The number of carbonyl (C=O) groups is 2. The van der Waals surface area contributed by atoms with E-state index in [2.05, 4.69) is 10.1 Å². The van der Waals surface area contributed by atoms with E-state index in [1.807, 2.05) is 0 Å². The van der Waals surface area contributed by atoms with E-state index in [-0.39, 0.29) is 11.7 Å². The number of hydrogen-bond acceptors (Lipinski definition) is 3. The van der Waals surface area contributed by atoms with Crippen LogP contribution in [0.2, 0.25) is 0 Å². The Bertz CT molecular complexity index is 475. The van der Waals surface area contributed by atoms with Crippen LogP contribution in [-0.4, -0.2) is 36.6 Å². The zero-order valence-electron chi connectivity index (χ0n) is 10.6. The lowest BCUT2D eigenvalue weighted by Crippen LogP contribution is -2.43. The van der Waals surface area contributed by atoms with E-state index in [0.29, 0.717) is 18.7 Å². The van der Waals surface area contributed by atoms with Gasteiger partial charge in [0, 0.05) is 12.2 Å². The van der Waals surface area contributed by atoms with Gasteiger partial charge in [-0.1, -0.05) is 0 Å². The van der Waals surface area contributed by atoms with Crippen molar-refractivity contribution in [1.29, 1.82) is 0 Å². The molecule has 0 aliphatic carbocycles. The van der Waals surface area contributed by atoms with E-state index in [9.17, 15) is 14.0 Å². The van der Waals surface area contributed by atoms with Crippen LogP contribution in [0, 0.1) is 5.82 Å². The van der Waals surface area contributed by atoms with Crippen molar-refractivity contribution in [2.24, 2.45) is 0 Å². The van der Waals surface area contributed by atoms with E-state index in [1.165, 1.54) is 36.3 Å². The minimum absolute atomic E-state index is 0.283. The molecule has 0 saturated carbocycles. The van der Waals surface area contributed by atoms with Gasteiger partial charge in [0.25, 0.3) is 0 Å². The molecular formula is C13H15FN2O3. The number of anilines is 1. The van der Waals surface area contributed by atoms with Crippen molar-refractivity contribution in [1.82, 2.24) is 4.90 Å². The van der Waals surface area contributed by atoms with Crippen LogP contribution < -0.4 is 5.32 Å². The quantitative estimate of drug-likeness (QED) is 0.890. The summed E-state index contributed by atoms with van der Waals surface area (Å²) in [6, 6.07) is 4.96. The fourth-order valence-corrected chi connectivity index (χ4v) is 2.13. The summed E-state index contributed by atoms with van der Waals surface area (Å²) in [6.07, 6.45) is 0.857. The summed E-state index contributed by atoms with van der Waals surface area (Å²) in [6.45, 7) is 0.508. The highest BCUT2D eigenvalue weighted by atomic mass is 19.1. The summed E-state index contributed by atoms with van der Waals surface area (Å²) in [5, 5.41) is 2.66. The number of likely N-dealkylation sites (tertiary alicyclic amines) is 1. The number of nitrogens with zero attached hydrogens (tertiary/aromatic N) is 1. The van der Waals surface area contributed by atoms with E-state index in [1.54, 1.807) is 0 Å². The van der Waals surface area contributed by atoms with Gasteiger partial charge < -0.3 is 10.1 Å². The molecule has 1 atom stereocenters. The van der Waals surface area contributed by atoms with Gasteiger partial charge in [0.1, 0.15) is 11.9 Å². The topological polar surface area (TPSA) is 58.6 Å². The highest BCUT2D eigenvalue weighted by Gasteiger charge is 2.34. The van der Waals surface area contributed by atoms with Crippen LogP contribution in [0.5, 0.6) is 0 Å². The molecule has 1 fully saturated rings. The van der Waals surface area contributed by atoms with Crippen LogP contribution in [0.1, 0.15) is 12.8 Å². The molecule has 19 heavy (non-hydrogen) atoms. The third kappa shape index (κ3) is 3.01. The van der Waals surface area contributed by atoms with Crippen LogP contribution in [0.15, 0.2) is 24.3 Å². The standard InChI is InChI=1S/C13H15FN2O3/c1-19-13(18)16-8-2-3-11(16)12(17)15-10-6-4-9(14)5-7-10/h4-7,11H,2-3,8H2,1H3,(H,15,17). The number of rotatable bonds is 2. The summed E-state index contributed by atoms with van der Waals surface area (Å²) < 4.78 is 17.4. The highest BCUT2D eigenvalue weighted by Crippen LogP contribution is 2.20. The van der Waals surface area contributed by atoms with Gasteiger partial charge in [-0.3, -0.25) is 9.69 Å². The summed E-state index contributed by atoms with van der Waals surface area (Å²) in [5.41, 5.74) is 0.503. The maximum absolute atomic E-state index is 12.8. The first kappa shape index (κ1) is 13.3. The monoisotopic (exact) mass is 266 g/mol. The molecule has 1 aliphatic heterocycles. The molecule has 0 spiro atoms. The molecule has 1 aliphatic rings. The SMILES string of the molecule is COC(=O)N1CCCC1C(=O)Nc1ccc(F)cc1. The second-order valence-electron chi connectivity index (χ2n) is 4.32. The number of carbonyl (C=O) groups excluding carboxylic acids is 2. The Labute approximate surface area is 110 Å². The first-order chi connectivity index (χ1) is 9.11. The smallest absolute Gasteiger partial charge is 0.410 e. The molecule has 0 bridgehead atoms. The van der Waals surface area contributed by atoms with Crippen molar-refractivity contribution in [2.45, 2.75) is 18.9 Å². The van der Waals surface area contributed by atoms with Crippen LogP contribution >= 0.6 is 0 Å². The molecule has 0 aromatic heterocycles. The molecule has 1 aromatic carbocycles. The average Bonchev–Trinajstić information content (AvgIpc) is 2.90. The Balaban J connectivity index is 2.03. The van der Waals surface area contributed by atoms with E-state index in [0.717, 1.165) is 6.42 Å². The largest absolute Gasteiger partial charge is 0.453 e. The van der Waals surface area contributed by atoms with Gasteiger partial charge in [-0.25, -0.2) is 9.18 Å². The average molecular weight is 266 g/mol. The lowest BCUT2D eigenvalue weighted by Gasteiger charge is -2.22. The molecular weight excluding hydrogens is 251 g/mol. The van der Waals surface area contributed by atoms with Crippen LogP contribution in [0.3, 0.4) is 0 Å². The molecule has 1 heterocycles. The molecule has 2 rings (SSSR count). The van der Waals surface area contributed by atoms with Crippen molar-refractivity contribution in [2.75, 3.05) is 19.0 Å². The Kier molecular flexibility index (Phi) is 3.99. The second kappa shape index (κ2) is 5.69. The fraction of sp³-hybridized carbons (Fsp3) is 0.385. The normalized spacial score (nSPS) is 18.2. The maximum atomic E-state index is 12.8. The first-order valence-electron chi connectivity index (χ1n) is 6.03. The van der Waals surface area contributed by atoms with Gasteiger partial charge >= 0.3 is 6.09 Å². The molecule has 1 saturated heterocycles. The lowest BCUT2D eigenvalue weighted by atomic mass is 10.2. The Morgan fingerprint density at radius 1 is 1.37 bits per heavy atom. The molecule has 5 nitrogen and oxygen atoms in total. The summed E-state index contributed by atoms with van der Waals surface area (Å²) >= 11 is 0. The van der Waals surface area contributed by atoms with E-state index >= 15 is 0 Å². The van der Waals surface area contributed by atoms with Crippen molar-refractivity contribution in [3.05, 3.63) is 30.1 Å². The van der Waals surface area contributed by atoms with Crippen molar-refractivity contribution in [3.63, 3.8) is 0 Å². The third-order valence-electron chi connectivity index (χ3n) is 3.08. The number of nitrogens with one attached hydrogen (secondary N) is 1. The Morgan fingerprint density at radius 2 is 2.05 bits per heavy atom. The summed E-state index contributed by atoms with van der Waals surface area (Å²) in [5.74, 6) is -0.649. The number of ether oxygens (including phenoxy) is 1. The van der Waals surface area contributed by atoms with Crippen molar-refractivity contribution < 1.29 is 18.7 Å².